The summed E-state index contributed by atoms with van der Waals surface area (Å²) in [5.74, 6) is 0.548. The highest BCUT2D eigenvalue weighted by Crippen LogP contribution is 2.13. The van der Waals surface area contributed by atoms with E-state index in [1.54, 1.807) is 19.2 Å². The number of aryl methyl sites for hydroxylation is 2. The molecule has 2 aromatic carbocycles. The third-order valence-electron chi connectivity index (χ3n) is 4.83. The van der Waals surface area contributed by atoms with Gasteiger partial charge in [0.05, 0.1) is 29.4 Å². The van der Waals surface area contributed by atoms with E-state index in [0.717, 1.165) is 17.0 Å². The van der Waals surface area contributed by atoms with Gasteiger partial charge in [-0.3, -0.25) is 9.48 Å². The molecule has 2 heterocycles. The highest BCUT2D eigenvalue weighted by molar-refractivity contribution is 5.83. The molecule has 0 fully saturated rings. The Morgan fingerprint density at radius 3 is 2.50 bits per heavy atom. The molecule has 6 nitrogen and oxygen atoms in total. The molecule has 28 heavy (non-hydrogen) atoms. The molecule has 0 spiro atoms. The van der Waals surface area contributed by atoms with Crippen LogP contribution in [0, 0.1) is 20.8 Å². The third kappa shape index (κ3) is 3.24. The summed E-state index contributed by atoms with van der Waals surface area (Å²) in [6.45, 7) is 6.43. The Hall–Kier alpha value is -3.54. The van der Waals surface area contributed by atoms with Crippen LogP contribution in [0.25, 0.3) is 10.9 Å². The maximum atomic E-state index is 12.8. The Morgan fingerprint density at radius 1 is 1.00 bits per heavy atom. The summed E-state index contributed by atoms with van der Waals surface area (Å²) in [6.07, 6.45) is 1.70. The molecular weight excluding hydrogens is 350 g/mol. The molecule has 0 atom stereocenters. The van der Waals surface area contributed by atoms with Crippen LogP contribution in [0.5, 0.6) is 0 Å². The number of rotatable bonds is 4. The molecule has 2 aromatic heterocycles. The Bertz CT molecular complexity index is 1240. The second-order valence-corrected chi connectivity index (χ2v) is 6.77. The van der Waals surface area contributed by atoms with Crippen molar-refractivity contribution in [2.24, 2.45) is 5.10 Å². The van der Waals surface area contributed by atoms with Crippen molar-refractivity contribution in [3.05, 3.63) is 93.3 Å². The predicted molar refractivity (Wildman–Crippen MR) is 111 cm³/mol. The molecule has 4 aromatic rings. The first kappa shape index (κ1) is 17.9. The maximum Gasteiger partial charge on any atom is 0.282 e. The Labute approximate surface area is 162 Å². The fraction of sp³-hybridized carbons (Fsp3) is 0.182. The molecule has 4 rings (SSSR count). The quantitative estimate of drug-likeness (QED) is 0.516. The molecule has 140 valence electrons. The number of aromatic nitrogens is 4. The van der Waals surface area contributed by atoms with E-state index in [1.165, 1.54) is 10.2 Å². The van der Waals surface area contributed by atoms with E-state index in [0.29, 0.717) is 23.3 Å². The van der Waals surface area contributed by atoms with Crippen molar-refractivity contribution in [1.29, 1.82) is 0 Å². The molecule has 0 radical (unpaired) electrons. The Morgan fingerprint density at radius 2 is 1.71 bits per heavy atom. The predicted octanol–water partition coefficient (Wildman–Crippen LogP) is 3.45. The lowest BCUT2D eigenvalue weighted by molar-refractivity contribution is 0.659. The summed E-state index contributed by atoms with van der Waals surface area (Å²) in [7, 11) is 0. The Kier molecular flexibility index (Phi) is 4.61. The van der Waals surface area contributed by atoms with Crippen LogP contribution in [-0.2, 0) is 6.54 Å². The van der Waals surface area contributed by atoms with Crippen molar-refractivity contribution in [3.8, 4) is 0 Å². The number of benzene rings is 2. The molecule has 0 saturated carbocycles. The van der Waals surface area contributed by atoms with Crippen molar-refractivity contribution in [3.63, 3.8) is 0 Å². The molecule has 6 heteroatoms. The maximum absolute atomic E-state index is 12.8. The van der Waals surface area contributed by atoms with Crippen LogP contribution < -0.4 is 5.56 Å². The average molecular weight is 371 g/mol. The van der Waals surface area contributed by atoms with Gasteiger partial charge >= 0.3 is 0 Å². The summed E-state index contributed by atoms with van der Waals surface area (Å²) in [5, 5.41) is 9.62. The first-order valence-corrected chi connectivity index (χ1v) is 9.15. The van der Waals surface area contributed by atoms with Crippen molar-refractivity contribution in [1.82, 2.24) is 19.4 Å². The molecule has 0 saturated heterocycles. The van der Waals surface area contributed by atoms with Gasteiger partial charge in [-0.05, 0) is 38.5 Å². The standard InChI is InChI=1S/C22H21N5O/c1-15-20(16(2)26(25-15)14-18-9-5-4-6-10-18)13-23-27-17(3)24-21-12-8-7-11-19(21)22(27)28/h4-13H,14H2,1-3H3/b23-13-. The van der Waals surface area contributed by atoms with E-state index in [2.05, 4.69) is 27.3 Å². The van der Waals surface area contributed by atoms with Gasteiger partial charge in [-0.15, -0.1) is 0 Å². The second kappa shape index (κ2) is 7.23. The van der Waals surface area contributed by atoms with Gasteiger partial charge in [-0.1, -0.05) is 42.5 Å². The number of hydrogen-bond acceptors (Lipinski definition) is 4. The minimum Gasteiger partial charge on any atom is -0.267 e. The van der Waals surface area contributed by atoms with E-state index >= 15 is 0 Å². The summed E-state index contributed by atoms with van der Waals surface area (Å²) >= 11 is 0. The lowest BCUT2D eigenvalue weighted by Gasteiger charge is -2.06. The van der Waals surface area contributed by atoms with Crippen LogP contribution in [0.4, 0.5) is 0 Å². The van der Waals surface area contributed by atoms with Crippen LogP contribution in [0.3, 0.4) is 0 Å². The topological polar surface area (TPSA) is 65.1 Å². The molecule has 0 aliphatic carbocycles. The average Bonchev–Trinajstić information content (AvgIpc) is 2.96. The van der Waals surface area contributed by atoms with Gasteiger partial charge in [0.25, 0.3) is 5.56 Å². The minimum atomic E-state index is -0.175. The molecule has 0 amide bonds. The zero-order valence-electron chi connectivity index (χ0n) is 16.1. The fourth-order valence-corrected chi connectivity index (χ4v) is 3.29. The largest absolute Gasteiger partial charge is 0.282 e. The molecule has 0 N–H and O–H groups in total. The monoisotopic (exact) mass is 371 g/mol. The first-order valence-electron chi connectivity index (χ1n) is 9.15. The zero-order chi connectivity index (χ0) is 19.7. The highest BCUT2D eigenvalue weighted by Gasteiger charge is 2.11. The van der Waals surface area contributed by atoms with Crippen LogP contribution in [0.1, 0.15) is 28.3 Å². The van der Waals surface area contributed by atoms with Gasteiger partial charge < -0.3 is 0 Å². The molecule has 0 unspecified atom stereocenters. The normalized spacial score (nSPS) is 11.5. The van der Waals surface area contributed by atoms with Crippen LogP contribution in [-0.4, -0.2) is 25.7 Å². The van der Waals surface area contributed by atoms with E-state index in [1.807, 2.05) is 54.9 Å². The smallest absolute Gasteiger partial charge is 0.267 e. The minimum absolute atomic E-state index is 0.175. The Balaban J connectivity index is 1.71. The van der Waals surface area contributed by atoms with Gasteiger partial charge in [-0.25, -0.2) is 4.98 Å². The van der Waals surface area contributed by atoms with E-state index in [9.17, 15) is 4.79 Å². The van der Waals surface area contributed by atoms with Gasteiger partial charge in [0.15, 0.2) is 0 Å². The van der Waals surface area contributed by atoms with Crippen molar-refractivity contribution in [2.75, 3.05) is 0 Å². The number of fused-ring (bicyclic) bond motifs is 1. The zero-order valence-corrected chi connectivity index (χ0v) is 16.1. The first-order chi connectivity index (χ1) is 13.5. The number of nitrogens with zero attached hydrogens (tertiary/aromatic N) is 5. The van der Waals surface area contributed by atoms with Crippen molar-refractivity contribution in [2.45, 2.75) is 27.3 Å². The molecule has 0 bridgehead atoms. The third-order valence-corrected chi connectivity index (χ3v) is 4.83. The molecular formula is C22H21N5O. The SMILES string of the molecule is Cc1nn(Cc2ccccc2)c(C)c1/C=N\n1c(C)nc2ccccc2c1=O. The van der Waals surface area contributed by atoms with Gasteiger partial charge in [-0.2, -0.15) is 14.9 Å². The van der Waals surface area contributed by atoms with Crippen LogP contribution in [0.15, 0.2) is 64.5 Å². The number of para-hydroxylation sites is 1. The lowest BCUT2D eigenvalue weighted by Crippen LogP contribution is -2.20. The summed E-state index contributed by atoms with van der Waals surface area (Å²) in [6, 6.07) is 17.5. The highest BCUT2D eigenvalue weighted by atomic mass is 16.1. The van der Waals surface area contributed by atoms with E-state index < -0.39 is 0 Å². The van der Waals surface area contributed by atoms with Gasteiger partial charge in [0.1, 0.15) is 5.82 Å². The molecule has 0 aliphatic rings. The van der Waals surface area contributed by atoms with Gasteiger partial charge in [0.2, 0.25) is 0 Å². The van der Waals surface area contributed by atoms with E-state index in [-0.39, 0.29) is 5.56 Å². The lowest BCUT2D eigenvalue weighted by atomic mass is 10.2. The van der Waals surface area contributed by atoms with Crippen molar-refractivity contribution < 1.29 is 0 Å². The summed E-state index contributed by atoms with van der Waals surface area (Å²) in [4.78, 5) is 17.3. The summed E-state index contributed by atoms with van der Waals surface area (Å²) in [5.41, 5.74) is 4.48. The summed E-state index contributed by atoms with van der Waals surface area (Å²) < 4.78 is 3.30. The van der Waals surface area contributed by atoms with Crippen LogP contribution >= 0.6 is 0 Å². The number of hydrogen-bond donors (Lipinski definition) is 0. The second-order valence-electron chi connectivity index (χ2n) is 6.77. The van der Waals surface area contributed by atoms with Crippen molar-refractivity contribution >= 4 is 17.1 Å². The van der Waals surface area contributed by atoms with E-state index in [4.69, 9.17) is 0 Å². The van der Waals surface area contributed by atoms with Gasteiger partial charge in [0, 0.05) is 11.3 Å². The molecule has 0 aliphatic heterocycles. The van der Waals surface area contributed by atoms with Crippen LogP contribution in [0.2, 0.25) is 0 Å². The fourth-order valence-electron chi connectivity index (χ4n) is 3.29.